The van der Waals surface area contributed by atoms with Crippen LogP contribution < -0.4 is 20.9 Å². The first kappa shape index (κ1) is 38.5. The first-order chi connectivity index (χ1) is 28.8. The van der Waals surface area contributed by atoms with Crippen LogP contribution in [0.15, 0.2) is 103 Å². The fourth-order valence-corrected chi connectivity index (χ4v) is 11.9. The maximum absolute atomic E-state index is 13.3. The zero-order chi connectivity index (χ0) is 40.0. The molecule has 3 saturated heterocycles. The van der Waals surface area contributed by atoms with Crippen LogP contribution in [-0.2, 0) is 27.4 Å². The van der Waals surface area contributed by atoms with Gasteiger partial charge in [0.15, 0.2) is 6.29 Å². The highest BCUT2D eigenvalue weighted by atomic mass is 16.7. The van der Waals surface area contributed by atoms with Crippen LogP contribution >= 0.6 is 0 Å². The maximum Gasteiger partial charge on any atom is 0.315 e. The number of hydrogen-bond donors (Lipinski definition) is 4. The SMILES string of the molecule is O=C(NCc1cccc(-c2ccc([C@@H]3O[C@H](CN4CCC5(CC4)C(=O)NCN5c4ccccc4)C[C@H](c4ccc(CO)cc4)O3)cc2)c1)NC12CC3CC(CC(C3)C1)C2. The van der Waals surface area contributed by atoms with E-state index in [1.165, 1.54) is 19.3 Å². The topological polar surface area (TPSA) is 115 Å². The Labute approximate surface area is 347 Å². The second-order valence-electron chi connectivity index (χ2n) is 18.4. The van der Waals surface area contributed by atoms with E-state index in [-0.39, 0.29) is 36.3 Å². The molecule has 0 aromatic heterocycles. The third kappa shape index (κ3) is 7.88. The molecule has 3 heterocycles. The van der Waals surface area contributed by atoms with E-state index in [4.69, 9.17) is 9.47 Å². The van der Waals surface area contributed by atoms with Crippen LogP contribution in [0.5, 0.6) is 0 Å². The highest BCUT2D eigenvalue weighted by molar-refractivity contribution is 5.93. The molecule has 4 aliphatic carbocycles. The van der Waals surface area contributed by atoms with Gasteiger partial charge in [-0.15, -0.1) is 0 Å². The van der Waals surface area contributed by atoms with Gasteiger partial charge in [0.1, 0.15) is 5.54 Å². The largest absolute Gasteiger partial charge is 0.392 e. The van der Waals surface area contributed by atoms with E-state index in [1.807, 2.05) is 30.3 Å². The highest BCUT2D eigenvalue weighted by Gasteiger charge is 2.52. The number of piperidine rings is 1. The van der Waals surface area contributed by atoms with Crippen molar-refractivity contribution in [2.24, 2.45) is 17.8 Å². The maximum atomic E-state index is 13.3. The van der Waals surface area contributed by atoms with Gasteiger partial charge in [-0.3, -0.25) is 4.79 Å². The smallest absolute Gasteiger partial charge is 0.315 e. The van der Waals surface area contributed by atoms with E-state index in [0.29, 0.717) is 19.6 Å². The molecule has 3 aliphatic heterocycles. The van der Waals surface area contributed by atoms with Gasteiger partial charge < -0.3 is 40.3 Å². The summed E-state index contributed by atoms with van der Waals surface area (Å²) >= 11 is 0. The summed E-state index contributed by atoms with van der Waals surface area (Å²) in [7, 11) is 0. The molecule has 4 saturated carbocycles. The third-order valence-corrected chi connectivity index (χ3v) is 14.5. The number of likely N-dealkylation sites (tertiary alicyclic amines) is 1. The molecule has 7 aliphatic rings. The Balaban J connectivity index is 0.798. The van der Waals surface area contributed by atoms with Gasteiger partial charge in [0.25, 0.3) is 0 Å². The number of amides is 3. The van der Waals surface area contributed by atoms with E-state index in [2.05, 4.69) is 98.5 Å². The number of nitrogens with zero attached hydrogens (tertiary/aromatic N) is 2. The van der Waals surface area contributed by atoms with Crippen LogP contribution in [0.4, 0.5) is 10.5 Å². The predicted octanol–water partition coefficient (Wildman–Crippen LogP) is 7.59. The molecule has 3 atom stereocenters. The van der Waals surface area contributed by atoms with Crippen molar-refractivity contribution in [3.05, 3.63) is 125 Å². The summed E-state index contributed by atoms with van der Waals surface area (Å²) in [5.41, 5.74) is 6.66. The number of rotatable bonds is 10. The number of anilines is 1. The third-order valence-electron chi connectivity index (χ3n) is 14.5. The Morgan fingerprint density at radius 1 is 0.763 bits per heavy atom. The van der Waals surface area contributed by atoms with Gasteiger partial charge in [-0.2, -0.15) is 0 Å². The van der Waals surface area contributed by atoms with Gasteiger partial charge in [-0.25, -0.2) is 4.79 Å². The zero-order valence-electron chi connectivity index (χ0n) is 33.9. The normalized spacial score (nSPS) is 29.7. The van der Waals surface area contributed by atoms with Gasteiger partial charge in [0, 0.05) is 49.4 Å². The number of ether oxygens (including phenoxy) is 2. The molecule has 59 heavy (non-hydrogen) atoms. The average molecular weight is 796 g/mol. The van der Waals surface area contributed by atoms with Crippen molar-refractivity contribution in [3.63, 3.8) is 0 Å². The molecule has 10 nitrogen and oxygen atoms in total. The van der Waals surface area contributed by atoms with E-state index in [1.54, 1.807) is 0 Å². The molecule has 7 fully saturated rings. The number of urea groups is 1. The Kier molecular flexibility index (Phi) is 10.4. The van der Waals surface area contributed by atoms with Crippen LogP contribution in [-0.4, -0.2) is 65.4 Å². The number of nitrogens with one attached hydrogen (secondary N) is 3. The molecule has 0 unspecified atom stereocenters. The lowest BCUT2D eigenvalue weighted by atomic mass is 9.53. The minimum atomic E-state index is -0.557. The molecular formula is C49H57N5O5. The lowest BCUT2D eigenvalue weighted by Gasteiger charge is -2.56. The molecule has 4 aromatic rings. The first-order valence-electron chi connectivity index (χ1n) is 21.9. The molecule has 1 spiro atoms. The Morgan fingerprint density at radius 2 is 1.46 bits per heavy atom. The van der Waals surface area contributed by atoms with E-state index in [0.717, 1.165) is 109 Å². The van der Waals surface area contributed by atoms with Crippen molar-refractivity contribution < 1.29 is 24.2 Å². The van der Waals surface area contributed by atoms with Crippen LogP contribution in [0.3, 0.4) is 0 Å². The first-order valence-corrected chi connectivity index (χ1v) is 21.9. The standard InChI is InChI=1S/C49H57N5O5/c55-31-33-9-11-39(12-10-33)44-25-43(30-53-19-17-49(18-20-53)46(56)51-32-54(49)42-7-2-1-3-8-42)58-45(59-44)40-15-13-38(14-16-40)41-6-4-5-34(24-41)29-50-47(57)52-48-26-35-21-36(27-48)23-37(22-35)28-48/h1-16,24,35-37,43-45,55H,17-23,25-32H2,(H,51,56)(H2,50,52,57)/t35?,36?,37?,43-,44+,45+,48?/m0/s1. The monoisotopic (exact) mass is 795 g/mol. The molecule has 4 bridgehead atoms. The van der Waals surface area contributed by atoms with E-state index in [9.17, 15) is 14.7 Å². The molecule has 4 N–H and O–H groups in total. The Morgan fingerprint density at radius 3 is 2.15 bits per heavy atom. The number of aliphatic hydroxyl groups excluding tert-OH is 1. The van der Waals surface area contributed by atoms with Crippen molar-refractivity contribution in [1.29, 1.82) is 0 Å². The van der Waals surface area contributed by atoms with Crippen molar-refractivity contribution in [3.8, 4) is 11.1 Å². The molecule has 0 radical (unpaired) electrons. The molecule has 3 amide bonds. The minimum Gasteiger partial charge on any atom is -0.392 e. The zero-order valence-corrected chi connectivity index (χ0v) is 33.9. The van der Waals surface area contributed by atoms with Crippen molar-refractivity contribution in [2.75, 3.05) is 31.2 Å². The molecule has 10 heteroatoms. The van der Waals surface area contributed by atoms with Gasteiger partial charge >= 0.3 is 6.03 Å². The summed E-state index contributed by atoms with van der Waals surface area (Å²) < 4.78 is 13.5. The summed E-state index contributed by atoms with van der Waals surface area (Å²) in [6.45, 7) is 3.35. The van der Waals surface area contributed by atoms with Gasteiger partial charge in [0.05, 0.1) is 25.5 Å². The highest BCUT2D eigenvalue weighted by Crippen LogP contribution is 2.55. The molecular weight excluding hydrogens is 739 g/mol. The summed E-state index contributed by atoms with van der Waals surface area (Å²) in [4.78, 5) is 31.2. The summed E-state index contributed by atoms with van der Waals surface area (Å²) in [6, 6.07) is 35.1. The van der Waals surface area contributed by atoms with E-state index < -0.39 is 11.8 Å². The molecule has 11 rings (SSSR count). The molecule has 4 aromatic carbocycles. The molecule has 308 valence electrons. The average Bonchev–Trinajstić information content (AvgIpc) is 3.57. The fraction of sp³-hybridized carbons (Fsp3) is 0.469. The van der Waals surface area contributed by atoms with Gasteiger partial charge in [-0.1, -0.05) is 84.9 Å². The fourth-order valence-electron chi connectivity index (χ4n) is 11.9. The van der Waals surface area contributed by atoms with Crippen LogP contribution in [0.2, 0.25) is 0 Å². The number of aliphatic hydroxyl groups is 1. The lowest BCUT2D eigenvalue weighted by Crippen LogP contribution is -2.61. The second-order valence-corrected chi connectivity index (χ2v) is 18.4. The summed E-state index contributed by atoms with van der Waals surface area (Å²) in [6.07, 6.45) is 8.88. The quantitative estimate of drug-likeness (QED) is 0.131. The Hall–Kier alpha value is -4.74. The number of hydrogen-bond acceptors (Lipinski definition) is 7. The van der Waals surface area contributed by atoms with Crippen molar-refractivity contribution in [1.82, 2.24) is 20.9 Å². The summed E-state index contributed by atoms with van der Waals surface area (Å²) in [5.74, 6) is 2.49. The predicted molar refractivity (Wildman–Crippen MR) is 227 cm³/mol. The number of para-hydroxylation sites is 1. The van der Waals surface area contributed by atoms with Crippen molar-refractivity contribution >= 4 is 17.6 Å². The number of benzene rings is 4. The number of carbonyl (C=O) groups is 2. The van der Waals surface area contributed by atoms with E-state index >= 15 is 0 Å². The summed E-state index contributed by atoms with van der Waals surface area (Å²) in [5, 5.41) is 19.4. The lowest BCUT2D eigenvalue weighted by molar-refractivity contribution is -0.253. The van der Waals surface area contributed by atoms with Gasteiger partial charge in [-0.05, 0) is 115 Å². The van der Waals surface area contributed by atoms with Gasteiger partial charge in [0.2, 0.25) is 5.91 Å². The minimum absolute atomic E-state index is 0.000881. The van der Waals surface area contributed by atoms with Crippen LogP contribution in [0, 0.1) is 17.8 Å². The second kappa shape index (κ2) is 16.0. The number of carbonyl (C=O) groups excluding carboxylic acids is 2. The van der Waals surface area contributed by atoms with Crippen LogP contribution in [0.1, 0.15) is 92.4 Å². The Bertz CT molecular complexity index is 2080. The van der Waals surface area contributed by atoms with Crippen LogP contribution in [0.25, 0.3) is 11.1 Å². The van der Waals surface area contributed by atoms with Crippen molar-refractivity contribution in [2.45, 2.75) is 101 Å².